The summed E-state index contributed by atoms with van der Waals surface area (Å²) in [6, 6.07) is 3.08. The summed E-state index contributed by atoms with van der Waals surface area (Å²) in [6.45, 7) is 6.67. The van der Waals surface area contributed by atoms with Crippen molar-refractivity contribution in [3.63, 3.8) is 0 Å². The molecule has 0 spiro atoms. The van der Waals surface area contributed by atoms with Crippen LogP contribution in [0.1, 0.15) is 54.5 Å². The molecule has 8 heteroatoms. The molecule has 0 aromatic carbocycles. The number of hydrogen-bond donors (Lipinski definition) is 2. The summed E-state index contributed by atoms with van der Waals surface area (Å²) in [5, 5.41) is 5.69. The lowest BCUT2D eigenvalue weighted by Crippen LogP contribution is -2.43. The molecule has 140 valence electrons. The molecular formula is C18H25N5O3. The van der Waals surface area contributed by atoms with Crippen LogP contribution in [0.25, 0.3) is 5.95 Å². The van der Waals surface area contributed by atoms with Crippen molar-refractivity contribution in [1.82, 2.24) is 25.1 Å². The third-order valence-corrected chi connectivity index (χ3v) is 4.67. The van der Waals surface area contributed by atoms with Crippen molar-refractivity contribution in [2.24, 2.45) is 0 Å². The van der Waals surface area contributed by atoms with Gasteiger partial charge in [0.1, 0.15) is 5.69 Å². The van der Waals surface area contributed by atoms with Crippen molar-refractivity contribution < 1.29 is 9.53 Å². The Labute approximate surface area is 152 Å². The molecule has 1 aliphatic carbocycles. The number of amides is 1. The van der Waals surface area contributed by atoms with E-state index in [1.165, 1.54) is 10.7 Å². The molecule has 3 rings (SSSR count). The van der Waals surface area contributed by atoms with Crippen LogP contribution in [0.3, 0.4) is 0 Å². The van der Waals surface area contributed by atoms with Gasteiger partial charge < -0.3 is 10.1 Å². The van der Waals surface area contributed by atoms with E-state index in [9.17, 15) is 9.59 Å². The second kappa shape index (κ2) is 7.41. The highest BCUT2D eigenvalue weighted by atomic mass is 16.5. The van der Waals surface area contributed by atoms with Crippen LogP contribution in [0.4, 0.5) is 0 Å². The molecule has 2 aromatic heterocycles. The lowest BCUT2D eigenvalue weighted by atomic mass is 10.0. The van der Waals surface area contributed by atoms with Gasteiger partial charge in [0, 0.05) is 30.6 Å². The first-order valence-corrected chi connectivity index (χ1v) is 8.99. The Kier molecular flexibility index (Phi) is 5.22. The minimum absolute atomic E-state index is 0.183. The van der Waals surface area contributed by atoms with E-state index < -0.39 is 0 Å². The maximum atomic E-state index is 12.5. The average molecular weight is 359 g/mol. The number of carbonyl (C=O) groups is 1. The fraction of sp³-hybridized carbons (Fsp3) is 0.556. The number of hydrogen-bond acceptors (Lipinski definition) is 5. The van der Waals surface area contributed by atoms with Crippen LogP contribution in [-0.4, -0.2) is 44.4 Å². The summed E-state index contributed by atoms with van der Waals surface area (Å²) in [6.07, 6.45) is 4.09. The Hall–Kier alpha value is -2.48. The quantitative estimate of drug-likeness (QED) is 0.816. The van der Waals surface area contributed by atoms with Crippen molar-refractivity contribution in [2.45, 2.75) is 52.1 Å². The van der Waals surface area contributed by atoms with Gasteiger partial charge in [-0.2, -0.15) is 4.68 Å². The van der Waals surface area contributed by atoms with Crippen molar-refractivity contribution in [3.8, 4) is 5.95 Å². The van der Waals surface area contributed by atoms with Gasteiger partial charge in [0.2, 0.25) is 0 Å². The molecule has 2 N–H and O–H groups in total. The van der Waals surface area contributed by atoms with Gasteiger partial charge in [0.25, 0.3) is 17.4 Å². The number of H-pyrrole nitrogens is 1. The summed E-state index contributed by atoms with van der Waals surface area (Å²) in [4.78, 5) is 33.2. The number of carbonyl (C=O) groups excluding carboxylic acids is 1. The molecule has 26 heavy (non-hydrogen) atoms. The molecule has 0 bridgehead atoms. The highest BCUT2D eigenvalue weighted by Gasteiger charge is 2.35. The predicted octanol–water partition coefficient (Wildman–Crippen LogP) is 1.65. The fourth-order valence-electron chi connectivity index (χ4n) is 3.50. The summed E-state index contributed by atoms with van der Waals surface area (Å²) in [5.74, 6) is -0.107. The van der Waals surface area contributed by atoms with E-state index in [4.69, 9.17) is 4.74 Å². The van der Waals surface area contributed by atoms with Crippen LogP contribution in [0.15, 0.2) is 16.9 Å². The molecule has 2 aromatic rings. The van der Waals surface area contributed by atoms with Gasteiger partial charge in [0.05, 0.1) is 5.60 Å². The Morgan fingerprint density at radius 3 is 2.54 bits per heavy atom. The normalized spacial score (nSPS) is 16.0. The van der Waals surface area contributed by atoms with Gasteiger partial charge in [-0.3, -0.25) is 14.7 Å². The molecule has 0 atom stereocenters. The summed E-state index contributed by atoms with van der Waals surface area (Å²) < 4.78 is 7.07. The standard InChI is InChI=1S/C18H25N5O3/c1-4-26-18(7-5-6-8-18)11-19-16(25)14-10-15(24)23(22-14)17-20-12(2)9-13(3)21-17/h9-10,22H,4-8,11H2,1-3H3,(H,19,25). The van der Waals surface area contributed by atoms with Gasteiger partial charge in [-0.1, -0.05) is 12.8 Å². The number of nitrogens with one attached hydrogen (secondary N) is 2. The SMILES string of the molecule is CCOC1(CNC(=O)c2cc(=O)n(-c3nc(C)cc(C)n3)[nH]2)CCCC1. The van der Waals surface area contributed by atoms with Gasteiger partial charge in [0.15, 0.2) is 0 Å². The van der Waals surface area contributed by atoms with E-state index in [2.05, 4.69) is 20.4 Å². The first kappa shape index (κ1) is 18.3. The molecule has 1 saturated carbocycles. The second-order valence-electron chi connectivity index (χ2n) is 6.80. The smallest absolute Gasteiger partial charge is 0.274 e. The second-order valence-corrected chi connectivity index (χ2v) is 6.80. The molecule has 8 nitrogen and oxygen atoms in total. The average Bonchev–Trinajstić information content (AvgIpc) is 3.19. The number of ether oxygens (including phenoxy) is 1. The van der Waals surface area contributed by atoms with Crippen LogP contribution in [0.2, 0.25) is 0 Å². The van der Waals surface area contributed by atoms with Crippen LogP contribution in [0.5, 0.6) is 0 Å². The molecule has 1 fully saturated rings. The fourth-order valence-corrected chi connectivity index (χ4v) is 3.50. The van der Waals surface area contributed by atoms with Crippen molar-refractivity contribution in [3.05, 3.63) is 39.6 Å². The monoisotopic (exact) mass is 359 g/mol. The van der Waals surface area contributed by atoms with Gasteiger partial charge in [-0.25, -0.2) is 9.97 Å². The Balaban J connectivity index is 1.76. The summed E-state index contributed by atoms with van der Waals surface area (Å²) in [5.41, 5.74) is 1.02. The lowest BCUT2D eigenvalue weighted by Gasteiger charge is -2.29. The zero-order valence-corrected chi connectivity index (χ0v) is 15.5. The van der Waals surface area contributed by atoms with Crippen LogP contribution in [0, 0.1) is 13.8 Å². The molecule has 0 unspecified atom stereocenters. The van der Waals surface area contributed by atoms with Crippen LogP contribution < -0.4 is 10.9 Å². The molecule has 2 heterocycles. The van der Waals surface area contributed by atoms with E-state index in [0.29, 0.717) is 13.2 Å². The van der Waals surface area contributed by atoms with Crippen LogP contribution >= 0.6 is 0 Å². The third-order valence-electron chi connectivity index (χ3n) is 4.67. The van der Waals surface area contributed by atoms with E-state index >= 15 is 0 Å². The highest BCUT2D eigenvalue weighted by Crippen LogP contribution is 2.32. The van der Waals surface area contributed by atoms with E-state index in [0.717, 1.165) is 37.1 Å². The number of aromatic nitrogens is 4. The number of aromatic amines is 1. The van der Waals surface area contributed by atoms with Crippen LogP contribution in [-0.2, 0) is 4.74 Å². The predicted molar refractivity (Wildman–Crippen MR) is 96.6 cm³/mol. The Morgan fingerprint density at radius 1 is 1.27 bits per heavy atom. The number of aryl methyl sites for hydroxylation is 2. The largest absolute Gasteiger partial charge is 0.373 e. The van der Waals surface area contributed by atoms with Gasteiger partial charge in [-0.05, 0) is 39.7 Å². The maximum absolute atomic E-state index is 12.5. The lowest BCUT2D eigenvalue weighted by molar-refractivity contribution is -0.0316. The minimum Gasteiger partial charge on any atom is -0.373 e. The maximum Gasteiger partial charge on any atom is 0.274 e. The van der Waals surface area contributed by atoms with Crippen molar-refractivity contribution in [1.29, 1.82) is 0 Å². The molecular weight excluding hydrogens is 334 g/mol. The highest BCUT2D eigenvalue weighted by molar-refractivity contribution is 5.92. The molecule has 1 amide bonds. The molecule has 0 saturated heterocycles. The molecule has 0 aliphatic heterocycles. The summed E-state index contributed by atoms with van der Waals surface area (Å²) in [7, 11) is 0. The van der Waals surface area contributed by atoms with E-state index in [1.54, 1.807) is 0 Å². The van der Waals surface area contributed by atoms with Crippen molar-refractivity contribution >= 4 is 5.91 Å². The van der Waals surface area contributed by atoms with Crippen molar-refractivity contribution in [2.75, 3.05) is 13.2 Å². The van der Waals surface area contributed by atoms with E-state index in [-0.39, 0.29) is 28.7 Å². The summed E-state index contributed by atoms with van der Waals surface area (Å²) >= 11 is 0. The molecule has 1 aliphatic rings. The zero-order valence-electron chi connectivity index (χ0n) is 15.5. The Bertz CT molecular complexity index is 829. The third kappa shape index (κ3) is 3.85. The molecule has 0 radical (unpaired) electrons. The first-order chi connectivity index (χ1) is 12.4. The van der Waals surface area contributed by atoms with Gasteiger partial charge >= 0.3 is 0 Å². The minimum atomic E-state index is -0.375. The Morgan fingerprint density at radius 2 is 1.92 bits per heavy atom. The van der Waals surface area contributed by atoms with E-state index in [1.807, 2.05) is 26.8 Å². The van der Waals surface area contributed by atoms with Gasteiger partial charge in [-0.15, -0.1) is 0 Å². The zero-order chi connectivity index (χ0) is 18.7. The number of nitrogens with zero attached hydrogens (tertiary/aromatic N) is 3. The topological polar surface area (TPSA) is 102 Å². The number of rotatable bonds is 6. The first-order valence-electron chi connectivity index (χ1n) is 8.99.